The SMILES string of the molecule is CCOc1ccc(N(CC(=O)NCCOc2ccccc2OC)S(=O)(=O)c2ccc(F)cc2)cc1. The van der Waals surface area contributed by atoms with Gasteiger partial charge in [0.05, 0.1) is 30.8 Å². The first-order valence-corrected chi connectivity index (χ1v) is 12.3. The third-order valence-corrected chi connectivity index (χ3v) is 6.66. The van der Waals surface area contributed by atoms with Crippen molar-refractivity contribution >= 4 is 21.6 Å². The van der Waals surface area contributed by atoms with Crippen LogP contribution in [0.4, 0.5) is 10.1 Å². The van der Waals surface area contributed by atoms with E-state index in [2.05, 4.69) is 5.32 Å². The molecule has 10 heteroatoms. The number of benzene rings is 3. The van der Waals surface area contributed by atoms with Gasteiger partial charge in [0.1, 0.15) is 24.7 Å². The molecule has 0 bridgehead atoms. The maximum absolute atomic E-state index is 13.4. The quantitative estimate of drug-likeness (QED) is 0.380. The smallest absolute Gasteiger partial charge is 0.264 e. The molecule has 3 rings (SSSR count). The fourth-order valence-electron chi connectivity index (χ4n) is 3.20. The van der Waals surface area contributed by atoms with Crippen molar-refractivity contribution in [1.29, 1.82) is 0 Å². The number of carbonyl (C=O) groups excluding carboxylic acids is 1. The Morgan fingerprint density at radius 3 is 2.23 bits per heavy atom. The van der Waals surface area contributed by atoms with Crippen molar-refractivity contribution < 1.29 is 31.8 Å². The van der Waals surface area contributed by atoms with E-state index in [1.54, 1.807) is 42.5 Å². The van der Waals surface area contributed by atoms with E-state index in [9.17, 15) is 17.6 Å². The van der Waals surface area contributed by atoms with Gasteiger partial charge in [-0.05, 0) is 67.6 Å². The second kappa shape index (κ2) is 12.1. The predicted octanol–water partition coefficient (Wildman–Crippen LogP) is 3.62. The van der Waals surface area contributed by atoms with Gasteiger partial charge >= 0.3 is 0 Å². The van der Waals surface area contributed by atoms with Gasteiger partial charge in [-0.3, -0.25) is 9.10 Å². The molecule has 0 saturated heterocycles. The molecular formula is C25H27FN2O6S. The molecule has 3 aromatic carbocycles. The number of amides is 1. The van der Waals surface area contributed by atoms with Crippen LogP contribution in [0.3, 0.4) is 0 Å². The maximum Gasteiger partial charge on any atom is 0.264 e. The highest BCUT2D eigenvalue weighted by molar-refractivity contribution is 7.92. The summed E-state index contributed by atoms with van der Waals surface area (Å²) in [5.41, 5.74) is 0.262. The van der Waals surface area contributed by atoms with Crippen molar-refractivity contribution in [3.8, 4) is 17.2 Å². The molecule has 0 fully saturated rings. The van der Waals surface area contributed by atoms with Gasteiger partial charge in [0.2, 0.25) is 5.91 Å². The van der Waals surface area contributed by atoms with Crippen molar-refractivity contribution in [3.05, 3.63) is 78.6 Å². The molecule has 0 aromatic heterocycles. The third kappa shape index (κ3) is 6.86. The molecule has 0 unspecified atom stereocenters. The van der Waals surface area contributed by atoms with E-state index >= 15 is 0 Å². The molecule has 0 aliphatic carbocycles. The van der Waals surface area contributed by atoms with E-state index in [-0.39, 0.29) is 23.7 Å². The molecule has 8 nitrogen and oxygen atoms in total. The molecule has 0 spiro atoms. The molecule has 35 heavy (non-hydrogen) atoms. The fourth-order valence-corrected chi connectivity index (χ4v) is 4.62. The van der Waals surface area contributed by atoms with Gasteiger partial charge in [-0.2, -0.15) is 0 Å². The number of hydrogen-bond donors (Lipinski definition) is 1. The molecule has 0 atom stereocenters. The predicted molar refractivity (Wildman–Crippen MR) is 130 cm³/mol. The Bertz CT molecular complexity index is 1220. The Hall–Kier alpha value is -3.79. The molecule has 0 aliphatic heterocycles. The van der Waals surface area contributed by atoms with Gasteiger partial charge in [0.25, 0.3) is 10.0 Å². The average molecular weight is 503 g/mol. The van der Waals surface area contributed by atoms with Crippen LogP contribution in [0.2, 0.25) is 0 Å². The van der Waals surface area contributed by atoms with Gasteiger partial charge in [-0.15, -0.1) is 0 Å². The summed E-state index contributed by atoms with van der Waals surface area (Å²) in [6.45, 7) is 2.10. The minimum absolute atomic E-state index is 0.139. The van der Waals surface area contributed by atoms with Crippen LogP contribution in [0.25, 0.3) is 0 Å². The van der Waals surface area contributed by atoms with Gasteiger partial charge in [-0.1, -0.05) is 12.1 Å². The first-order valence-electron chi connectivity index (χ1n) is 10.9. The maximum atomic E-state index is 13.4. The number of methoxy groups -OCH3 is 1. The monoisotopic (exact) mass is 502 g/mol. The number of anilines is 1. The zero-order valence-corrected chi connectivity index (χ0v) is 20.3. The number of nitrogens with one attached hydrogen (secondary N) is 1. The lowest BCUT2D eigenvalue weighted by molar-refractivity contribution is -0.119. The molecule has 3 aromatic rings. The van der Waals surface area contributed by atoms with Gasteiger partial charge in [-0.25, -0.2) is 12.8 Å². The number of halogens is 1. The van der Waals surface area contributed by atoms with Crippen LogP contribution in [0.5, 0.6) is 17.2 Å². The summed E-state index contributed by atoms with van der Waals surface area (Å²) in [5.74, 6) is 0.552. The summed E-state index contributed by atoms with van der Waals surface area (Å²) in [4.78, 5) is 12.5. The van der Waals surface area contributed by atoms with Crippen molar-refractivity contribution in [3.63, 3.8) is 0 Å². The Labute approximate surface area is 204 Å². The minimum atomic E-state index is -4.16. The Morgan fingerprint density at radius 2 is 1.60 bits per heavy atom. The minimum Gasteiger partial charge on any atom is -0.494 e. The largest absolute Gasteiger partial charge is 0.494 e. The van der Waals surface area contributed by atoms with Crippen LogP contribution in [0.1, 0.15) is 6.92 Å². The van der Waals surface area contributed by atoms with Crippen molar-refractivity contribution in [2.75, 3.05) is 37.7 Å². The van der Waals surface area contributed by atoms with E-state index in [0.29, 0.717) is 23.9 Å². The van der Waals surface area contributed by atoms with E-state index in [4.69, 9.17) is 14.2 Å². The highest BCUT2D eigenvalue weighted by atomic mass is 32.2. The molecule has 0 saturated carbocycles. The van der Waals surface area contributed by atoms with Crippen LogP contribution in [0.15, 0.2) is 77.7 Å². The zero-order chi connectivity index (χ0) is 25.3. The van der Waals surface area contributed by atoms with Gasteiger partial charge in [0, 0.05) is 0 Å². The molecule has 0 radical (unpaired) electrons. The van der Waals surface area contributed by atoms with Crippen LogP contribution >= 0.6 is 0 Å². The van der Waals surface area contributed by atoms with Crippen LogP contribution in [0, 0.1) is 5.82 Å². The number of hydrogen-bond acceptors (Lipinski definition) is 6. The normalized spacial score (nSPS) is 10.9. The lowest BCUT2D eigenvalue weighted by Gasteiger charge is -2.24. The van der Waals surface area contributed by atoms with Crippen molar-refractivity contribution in [2.24, 2.45) is 0 Å². The van der Waals surface area contributed by atoms with Gasteiger partial charge in [0.15, 0.2) is 11.5 Å². The molecule has 0 aliphatic rings. The summed E-state index contributed by atoms with van der Waals surface area (Å²) >= 11 is 0. The van der Waals surface area contributed by atoms with E-state index in [0.717, 1.165) is 28.6 Å². The second-order valence-electron chi connectivity index (χ2n) is 7.24. The molecular weight excluding hydrogens is 475 g/mol. The number of carbonyl (C=O) groups is 1. The standard InChI is InChI=1S/C25H27FN2O6S/c1-3-33-21-12-10-20(11-13-21)28(35(30,31)22-14-8-19(26)9-15-22)18-25(29)27-16-17-34-24-7-5-4-6-23(24)32-2/h4-15H,3,16-18H2,1-2H3,(H,27,29). The lowest BCUT2D eigenvalue weighted by Crippen LogP contribution is -2.41. The number of para-hydroxylation sites is 2. The Kier molecular flexibility index (Phi) is 8.91. The van der Waals surface area contributed by atoms with E-state index in [1.807, 2.05) is 13.0 Å². The number of sulfonamides is 1. The number of ether oxygens (including phenoxy) is 3. The molecule has 186 valence electrons. The first-order chi connectivity index (χ1) is 16.8. The molecule has 1 amide bonds. The first kappa shape index (κ1) is 25.8. The van der Waals surface area contributed by atoms with Crippen molar-refractivity contribution in [2.45, 2.75) is 11.8 Å². The lowest BCUT2D eigenvalue weighted by atomic mass is 10.3. The topological polar surface area (TPSA) is 94.2 Å². The van der Waals surface area contributed by atoms with Crippen LogP contribution in [-0.2, 0) is 14.8 Å². The van der Waals surface area contributed by atoms with Crippen LogP contribution in [-0.4, -0.2) is 47.7 Å². The van der Waals surface area contributed by atoms with Crippen molar-refractivity contribution in [1.82, 2.24) is 5.32 Å². The summed E-state index contributed by atoms with van der Waals surface area (Å²) < 4.78 is 57.2. The second-order valence-corrected chi connectivity index (χ2v) is 9.10. The molecule has 0 heterocycles. The Balaban J connectivity index is 1.72. The number of nitrogens with zero attached hydrogens (tertiary/aromatic N) is 1. The third-order valence-electron chi connectivity index (χ3n) is 4.88. The van der Waals surface area contributed by atoms with E-state index in [1.165, 1.54) is 7.11 Å². The highest BCUT2D eigenvalue weighted by Gasteiger charge is 2.27. The average Bonchev–Trinajstić information content (AvgIpc) is 2.86. The Morgan fingerprint density at radius 1 is 0.943 bits per heavy atom. The molecule has 1 N–H and O–H groups in total. The van der Waals surface area contributed by atoms with E-state index < -0.39 is 28.3 Å². The summed E-state index contributed by atoms with van der Waals surface area (Å²) in [5, 5.41) is 2.66. The summed E-state index contributed by atoms with van der Waals surface area (Å²) in [6, 6.07) is 17.8. The summed E-state index contributed by atoms with van der Waals surface area (Å²) in [7, 11) is -2.63. The van der Waals surface area contributed by atoms with Gasteiger partial charge < -0.3 is 19.5 Å². The highest BCUT2D eigenvalue weighted by Crippen LogP contribution is 2.27. The number of rotatable bonds is 12. The van der Waals surface area contributed by atoms with Crippen LogP contribution < -0.4 is 23.8 Å². The zero-order valence-electron chi connectivity index (χ0n) is 19.4. The summed E-state index contributed by atoms with van der Waals surface area (Å²) in [6.07, 6.45) is 0. The fraction of sp³-hybridized carbons (Fsp3) is 0.240.